The first-order valence-electron chi connectivity index (χ1n) is 9.18. The fourth-order valence-electron chi connectivity index (χ4n) is 3.27. The molecule has 6 heteroatoms. The molecule has 0 aliphatic carbocycles. The average Bonchev–Trinajstić information content (AvgIpc) is 3.20. The highest BCUT2D eigenvalue weighted by molar-refractivity contribution is 8.18. The summed E-state index contributed by atoms with van der Waals surface area (Å²) >= 11 is 0.999. The van der Waals surface area contributed by atoms with E-state index in [0.29, 0.717) is 24.6 Å². The summed E-state index contributed by atoms with van der Waals surface area (Å²) < 4.78 is 7.93. The van der Waals surface area contributed by atoms with Crippen LogP contribution in [0.1, 0.15) is 12.5 Å². The number of para-hydroxylation sites is 2. The topological polar surface area (TPSA) is 51.5 Å². The minimum atomic E-state index is -0.221. The van der Waals surface area contributed by atoms with Gasteiger partial charge in [-0.3, -0.25) is 14.5 Å². The molecule has 0 unspecified atom stereocenters. The summed E-state index contributed by atoms with van der Waals surface area (Å²) in [6.45, 7) is 3.41. The first kappa shape index (κ1) is 18.4. The Labute approximate surface area is 167 Å². The fourth-order valence-corrected chi connectivity index (χ4v) is 4.16. The van der Waals surface area contributed by atoms with Gasteiger partial charge in [-0.15, -0.1) is 0 Å². The van der Waals surface area contributed by atoms with Gasteiger partial charge in [-0.05, 0) is 43.0 Å². The number of hydrogen-bond donors (Lipinski definition) is 0. The Kier molecular flexibility index (Phi) is 5.21. The minimum absolute atomic E-state index is 0.209. The maximum atomic E-state index is 12.4. The van der Waals surface area contributed by atoms with Gasteiger partial charge in [-0.2, -0.15) is 0 Å². The first-order valence-corrected chi connectivity index (χ1v) is 10.00. The Morgan fingerprint density at radius 3 is 2.54 bits per heavy atom. The molecule has 0 atom stereocenters. The van der Waals surface area contributed by atoms with E-state index >= 15 is 0 Å². The number of ether oxygens (including phenoxy) is 1. The number of likely N-dealkylation sites (N-methyl/N-ethyl adjacent to an activating group) is 1. The highest BCUT2D eigenvalue weighted by atomic mass is 32.2. The quantitative estimate of drug-likeness (QED) is 0.567. The average molecular weight is 392 g/mol. The van der Waals surface area contributed by atoms with Gasteiger partial charge in [0.1, 0.15) is 12.4 Å². The van der Waals surface area contributed by atoms with E-state index in [1.807, 2.05) is 66.9 Å². The maximum Gasteiger partial charge on any atom is 0.293 e. The molecular weight excluding hydrogens is 372 g/mol. The second-order valence-corrected chi connectivity index (χ2v) is 7.38. The lowest BCUT2D eigenvalue weighted by Gasteiger charge is -2.08. The molecule has 0 radical (unpaired) electrons. The van der Waals surface area contributed by atoms with Gasteiger partial charge in [0.2, 0.25) is 0 Å². The zero-order chi connectivity index (χ0) is 19.5. The number of aromatic nitrogens is 1. The van der Waals surface area contributed by atoms with Crippen LogP contribution in [0, 0.1) is 0 Å². The van der Waals surface area contributed by atoms with Crippen LogP contribution >= 0.6 is 11.8 Å². The zero-order valence-corrected chi connectivity index (χ0v) is 16.3. The Balaban J connectivity index is 1.59. The predicted octanol–water partition coefficient (Wildman–Crippen LogP) is 4.78. The van der Waals surface area contributed by atoms with E-state index in [9.17, 15) is 9.59 Å². The van der Waals surface area contributed by atoms with Crippen LogP contribution in [0.4, 0.5) is 4.79 Å². The van der Waals surface area contributed by atoms with Gasteiger partial charge in [0.25, 0.3) is 11.1 Å². The Bertz CT molecular complexity index is 1060. The summed E-state index contributed by atoms with van der Waals surface area (Å²) in [6, 6.07) is 17.8. The van der Waals surface area contributed by atoms with Crippen LogP contribution in [0.15, 0.2) is 65.7 Å². The number of imide groups is 1. The smallest absolute Gasteiger partial charge is 0.293 e. The predicted molar refractivity (Wildman–Crippen MR) is 112 cm³/mol. The zero-order valence-electron chi connectivity index (χ0n) is 15.5. The van der Waals surface area contributed by atoms with Gasteiger partial charge >= 0.3 is 0 Å². The molecule has 0 N–H and O–H groups in total. The molecule has 0 spiro atoms. The number of carbonyl (C=O) groups is 2. The Morgan fingerprint density at radius 2 is 1.79 bits per heavy atom. The molecule has 4 rings (SSSR count). The molecule has 1 aliphatic heterocycles. The summed E-state index contributed by atoms with van der Waals surface area (Å²) in [6.07, 6.45) is 3.83. The van der Waals surface area contributed by atoms with Crippen molar-refractivity contribution in [2.45, 2.75) is 13.5 Å². The summed E-state index contributed by atoms with van der Waals surface area (Å²) in [4.78, 5) is 26.1. The van der Waals surface area contributed by atoms with Crippen molar-refractivity contribution in [2.75, 3.05) is 13.2 Å². The van der Waals surface area contributed by atoms with Gasteiger partial charge in [0.15, 0.2) is 0 Å². The lowest BCUT2D eigenvalue weighted by atomic mass is 10.1. The molecule has 28 heavy (non-hydrogen) atoms. The molecule has 142 valence electrons. The first-order chi connectivity index (χ1) is 13.7. The molecule has 0 saturated carbocycles. The summed E-state index contributed by atoms with van der Waals surface area (Å²) in [5.41, 5.74) is 2.00. The third-order valence-electron chi connectivity index (χ3n) is 4.64. The summed E-state index contributed by atoms with van der Waals surface area (Å²) in [5, 5.41) is 0.837. The third kappa shape index (κ3) is 3.55. The van der Waals surface area contributed by atoms with Gasteiger partial charge < -0.3 is 9.30 Å². The largest absolute Gasteiger partial charge is 0.492 e. The molecule has 1 saturated heterocycles. The van der Waals surface area contributed by atoms with E-state index in [4.69, 9.17) is 4.74 Å². The normalized spacial score (nSPS) is 15.8. The Hall–Kier alpha value is -2.99. The van der Waals surface area contributed by atoms with Crippen molar-refractivity contribution in [3.05, 3.63) is 71.3 Å². The van der Waals surface area contributed by atoms with E-state index < -0.39 is 0 Å². The van der Waals surface area contributed by atoms with E-state index in [2.05, 4.69) is 4.57 Å². The van der Waals surface area contributed by atoms with Crippen LogP contribution in [-0.2, 0) is 11.3 Å². The van der Waals surface area contributed by atoms with Gasteiger partial charge in [0, 0.05) is 29.2 Å². The highest BCUT2D eigenvalue weighted by Gasteiger charge is 2.33. The number of carbonyl (C=O) groups excluding carboxylic acids is 2. The molecule has 2 heterocycles. The number of rotatable bonds is 6. The van der Waals surface area contributed by atoms with E-state index in [1.165, 1.54) is 4.90 Å². The minimum Gasteiger partial charge on any atom is -0.492 e. The number of amides is 2. The molecular formula is C22H20N2O3S. The van der Waals surface area contributed by atoms with Gasteiger partial charge in [0.05, 0.1) is 11.4 Å². The molecule has 5 nitrogen and oxygen atoms in total. The SMILES string of the molecule is CCN1C(=O)S/C(=C\c2cn(CCOc3ccccc3)c3ccccc23)C1=O. The number of thioether (sulfide) groups is 1. The second kappa shape index (κ2) is 7.94. The van der Waals surface area contributed by atoms with Crippen LogP contribution < -0.4 is 4.74 Å². The molecule has 1 fully saturated rings. The van der Waals surface area contributed by atoms with Crippen molar-refractivity contribution in [3.63, 3.8) is 0 Å². The van der Waals surface area contributed by atoms with Crippen molar-refractivity contribution in [1.29, 1.82) is 0 Å². The van der Waals surface area contributed by atoms with Crippen molar-refractivity contribution >= 4 is 39.9 Å². The van der Waals surface area contributed by atoms with Crippen LogP contribution in [0.5, 0.6) is 5.75 Å². The number of benzene rings is 2. The van der Waals surface area contributed by atoms with Gasteiger partial charge in [-0.25, -0.2) is 0 Å². The summed E-state index contributed by atoms with van der Waals surface area (Å²) in [7, 11) is 0. The maximum absolute atomic E-state index is 12.4. The van der Waals surface area contributed by atoms with E-state index in [-0.39, 0.29) is 11.1 Å². The van der Waals surface area contributed by atoms with Crippen molar-refractivity contribution in [3.8, 4) is 5.75 Å². The van der Waals surface area contributed by atoms with Crippen LogP contribution in [0.3, 0.4) is 0 Å². The van der Waals surface area contributed by atoms with Crippen LogP contribution in [0.2, 0.25) is 0 Å². The fraction of sp³-hybridized carbons (Fsp3) is 0.182. The molecule has 0 bridgehead atoms. The molecule has 1 aromatic heterocycles. The van der Waals surface area contributed by atoms with E-state index in [1.54, 1.807) is 6.92 Å². The van der Waals surface area contributed by atoms with Crippen LogP contribution in [-0.4, -0.2) is 33.8 Å². The number of fused-ring (bicyclic) bond motifs is 1. The molecule has 1 aliphatic rings. The second-order valence-electron chi connectivity index (χ2n) is 6.38. The summed E-state index contributed by atoms with van der Waals surface area (Å²) in [5.74, 6) is 0.620. The monoisotopic (exact) mass is 392 g/mol. The van der Waals surface area contributed by atoms with Crippen molar-refractivity contribution in [2.24, 2.45) is 0 Å². The van der Waals surface area contributed by atoms with Crippen molar-refractivity contribution < 1.29 is 14.3 Å². The standard InChI is InChI=1S/C22H20N2O3S/c1-2-24-21(25)20(28-22(24)26)14-16-15-23(19-11-7-6-10-18(16)19)12-13-27-17-8-4-3-5-9-17/h3-11,14-15H,2,12-13H2,1H3/b20-14-. The molecule has 2 amide bonds. The number of hydrogen-bond acceptors (Lipinski definition) is 4. The lowest BCUT2D eigenvalue weighted by Crippen LogP contribution is -2.27. The lowest BCUT2D eigenvalue weighted by molar-refractivity contribution is -0.122. The third-order valence-corrected chi connectivity index (χ3v) is 5.55. The number of nitrogens with zero attached hydrogens (tertiary/aromatic N) is 2. The van der Waals surface area contributed by atoms with Crippen molar-refractivity contribution in [1.82, 2.24) is 9.47 Å². The molecule has 2 aromatic carbocycles. The molecule has 3 aromatic rings. The van der Waals surface area contributed by atoms with Crippen LogP contribution in [0.25, 0.3) is 17.0 Å². The van der Waals surface area contributed by atoms with Gasteiger partial charge in [-0.1, -0.05) is 36.4 Å². The Morgan fingerprint density at radius 1 is 1.04 bits per heavy atom. The highest BCUT2D eigenvalue weighted by Crippen LogP contribution is 2.33. The van der Waals surface area contributed by atoms with E-state index in [0.717, 1.165) is 34.0 Å².